The first-order chi connectivity index (χ1) is 54.5. The number of H-pyrrole nitrogens is 3. The van der Waals surface area contributed by atoms with Crippen molar-refractivity contribution in [3.63, 3.8) is 0 Å². The number of imidazole rings is 1. The molecule has 0 bridgehead atoms. The molecule has 16 atom stereocenters. The van der Waals surface area contributed by atoms with Crippen molar-refractivity contribution in [1.29, 1.82) is 0 Å². The van der Waals surface area contributed by atoms with Crippen molar-refractivity contribution in [1.82, 2.24) is 83.7 Å². The molecule has 38 nitrogen and oxygen atoms in total. The predicted octanol–water partition coefficient (Wildman–Crippen LogP) is -3.96. The number of carbonyl (C=O) groups excluding carboxylic acids is 11. The summed E-state index contributed by atoms with van der Waals surface area (Å²) in [6, 6.07) is 4.15. The van der Waals surface area contributed by atoms with Crippen LogP contribution in [0.1, 0.15) is 122 Å². The van der Waals surface area contributed by atoms with E-state index in [0.29, 0.717) is 45.1 Å². The summed E-state index contributed by atoms with van der Waals surface area (Å²) in [5.41, 5.74) is 21.7. The molecule has 0 radical (unpaired) electrons. The molecule has 6 rings (SSSR count). The molecule has 3 aromatic heterocycles. The molecule has 6 aromatic rings. The van der Waals surface area contributed by atoms with Gasteiger partial charge in [-0.2, -0.15) is 0 Å². The molecule has 3 aromatic carbocycles. The van der Waals surface area contributed by atoms with Gasteiger partial charge in [0.05, 0.1) is 49.2 Å². The Morgan fingerprint density at radius 1 is 0.487 bits per heavy atom. The molecule has 10 amide bonds. The number of nitrogens with one attached hydrogen (secondary N) is 15. The van der Waals surface area contributed by atoms with Gasteiger partial charge in [-0.25, -0.2) is 4.98 Å². The van der Waals surface area contributed by atoms with Crippen LogP contribution in [0.25, 0.3) is 21.8 Å². The molecule has 115 heavy (non-hydrogen) atoms. The highest BCUT2D eigenvalue weighted by Crippen LogP contribution is 2.23. The predicted molar refractivity (Wildman–Crippen MR) is 420 cm³/mol. The molecule has 630 valence electrons. The lowest BCUT2D eigenvalue weighted by atomic mass is 9.97. The Balaban J connectivity index is 1.18. The van der Waals surface area contributed by atoms with Crippen molar-refractivity contribution in [2.24, 2.45) is 35.0 Å². The van der Waals surface area contributed by atoms with Crippen LogP contribution < -0.4 is 81.0 Å². The molecule has 3 unspecified atom stereocenters. The standard InChI is InChI=1S/C77H113N19O19/c1-38(2)25-55(90-74(112)60(30-47-35-81-37-85-47)93-72(110)58(28-45-33-82-51-19-13-11-17-48(45)51)89-67(105)41(7)86-70(108)54(23-24-97)88-68(106)50(79)31-63(102)103)69(107)84-36-61(99)87-53(21-22-62(100)101)71(109)91-56(26-39(3)4)75(113)95-64(40(5)6)77(115)94-59(29-46-34-83-52-20-14-12-18-49(46)52)73(111)92-57(27-43-15-9-10-16-44(43)32-78)76(114)96-65(42(8)98)66(80)104/h9-20,24,33-35,37-42,50,53-60,63-66,69,77,82-84,94,98,102-104,107,115H,21-23,25-32,36,78-80H2,1-8H3,(H,81,85)(H,86,108)(H,87,99)(H,88,106)(H,89,105)(H,90,112)(H,91,109)(H,92,111)(H,93,110)(H,95,113)(H,96,114)(H,100,101)/t41-,42+,50-,53-,54-,55-,56-,57-,58-,59-,60-,64-,65-,66?,69?,77?/m0/s1. The van der Waals surface area contributed by atoms with E-state index < -0.39 is 207 Å². The van der Waals surface area contributed by atoms with Crippen molar-refractivity contribution in [3.8, 4) is 0 Å². The fourth-order valence-electron chi connectivity index (χ4n) is 12.9. The molecule has 0 aliphatic rings. The first-order valence-electron chi connectivity index (χ1n) is 38.1. The molecule has 3 heterocycles. The Hall–Kier alpha value is -10.7. The van der Waals surface area contributed by atoms with Crippen LogP contribution in [0.15, 0.2) is 97.7 Å². The van der Waals surface area contributed by atoms with Crippen molar-refractivity contribution in [2.75, 3.05) is 6.54 Å². The number of amides is 10. The number of aliphatic carboxylic acids is 1. The number of nitrogens with two attached hydrogens (primary N) is 3. The summed E-state index contributed by atoms with van der Waals surface area (Å²) < 4.78 is 0. The summed E-state index contributed by atoms with van der Waals surface area (Å²) in [4.78, 5) is 179. The van der Waals surface area contributed by atoms with Gasteiger partial charge in [0.1, 0.15) is 67.3 Å². The second kappa shape index (κ2) is 45.4. The second-order valence-electron chi connectivity index (χ2n) is 29.8. The lowest BCUT2D eigenvalue weighted by molar-refractivity contribution is -0.138. The van der Waals surface area contributed by atoms with E-state index in [0.717, 1.165) is 10.9 Å². The van der Waals surface area contributed by atoms with Crippen LogP contribution in [-0.4, -0.2) is 237 Å². The van der Waals surface area contributed by atoms with Crippen LogP contribution in [0.3, 0.4) is 0 Å². The van der Waals surface area contributed by atoms with Gasteiger partial charge in [0, 0.05) is 91.2 Å². The molecule has 0 aliphatic carbocycles. The monoisotopic (exact) mass is 1610 g/mol. The number of rotatable bonds is 49. The molecule has 38 heteroatoms. The molecular weight excluding hydrogens is 1490 g/mol. The summed E-state index contributed by atoms with van der Waals surface area (Å²) in [6.07, 6.45) is -5.16. The summed E-state index contributed by atoms with van der Waals surface area (Å²) in [5, 5.41) is 106. The number of hydrogen-bond donors (Lipinski definition) is 25. The minimum absolute atomic E-state index is 0.0360. The van der Waals surface area contributed by atoms with E-state index in [2.05, 4.69) is 83.7 Å². The second-order valence-corrected chi connectivity index (χ2v) is 29.8. The highest BCUT2D eigenvalue weighted by Gasteiger charge is 2.39. The third kappa shape index (κ3) is 29.3. The van der Waals surface area contributed by atoms with Crippen molar-refractivity contribution < 1.29 is 93.3 Å². The lowest BCUT2D eigenvalue weighted by Gasteiger charge is -2.33. The Morgan fingerprint density at radius 3 is 1.51 bits per heavy atom. The Bertz CT molecular complexity index is 4200. The Labute approximate surface area is 664 Å². The number of aliphatic hydroxyl groups excluding tert-OH is 5. The normalized spacial score (nSPS) is 15.9. The quantitative estimate of drug-likeness (QED) is 0.0128. The molecule has 0 spiro atoms. The fraction of sp³-hybridized carbons (Fsp3) is 0.519. The average molecular weight is 1610 g/mol. The van der Waals surface area contributed by atoms with E-state index in [4.69, 9.17) is 17.2 Å². The van der Waals surface area contributed by atoms with Crippen LogP contribution in [0.5, 0.6) is 0 Å². The molecular formula is C77H113N19O19. The van der Waals surface area contributed by atoms with Crippen LogP contribution in [0, 0.1) is 17.8 Å². The maximum atomic E-state index is 14.9. The third-order valence-corrected chi connectivity index (χ3v) is 19.2. The highest BCUT2D eigenvalue weighted by atomic mass is 16.5. The number of carboxylic acid groups (broad SMARTS) is 1. The first-order valence-corrected chi connectivity index (χ1v) is 38.1. The number of aldehydes is 1. The van der Waals surface area contributed by atoms with Crippen molar-refractivity contribution in [2.45, 2.75) is 230 Å². The maximum Gasteiger partial charge on any atom is 0.303 e. The van der Waals surface area contributed by atoms with Crippen molar-refractivity contribution >= 4 is 93.1 Å². The van der Waals surface area contributed by atoms with Crippen molar-refractivity contribution in [3.05, 3.63) is 126 Å². The maximum absolute atomic E-state index is 14.9. The minimum Gasteiger partial charge on any atom is -0.481 e. The number of benzene rings is 3. The molecule has 0 fully saturated rings. The van der Waals surface area contributed by atoms with E-state index in [1.807, 2.05) is 18.2 Å². The summed E-state index contributed by atoms with van der Waals surface area (Å²) in [5.74, 6) is -11.6. The van der Waals surface area contributed by atoms with Gasteiger partial charge in [-0.15, -0.1) is 0 Å². The number of nitrogens with zero attached hydrogens (tertiary/aromatic N) is 1. The van der Waals surface area contributed by atoms with E-state index in [1.165, 1.54) is 26.4 Å². The van der Waals surface area contributed by atoms with Crippen LogP contribution in [0.4, 0.5) is 0 Å². The average Bonchev–Trinajstić information content (AvgIpc) is 1.75. The molecule has 0 saturated heterocycles. The molecule has 0 saturated carbocycles. The zero-order valence-electron chi connectivity index (χ0n) is 65.6. The van der Waals surface area contributed by atoms with Crippen LogP contribution >= 0.6 is 0 Å². The van der Waals surface area contributed by atoms with E-state index >= 15 is 0 Å². The lowest BCUT2D eigenvalue weighted by Crippen LogP contribution is -2.63. The SMILES string of the molecule is CC(C)C[C@H](NC(=O)[C@H](CCC(=O)O)NC(=O)CNC(O)[C@H](CC(C)C)NC(=O)[C@H](Cc1cnc[nH]1)NC(=O)[C@H](Cc1c[nH]c2ccccc12)NC(=O)[C@H](C)NC(=O)[C@H](CC=O)NC(=O)[C@@H](N)CC(O)O)C(=O)N[C@@H](C(C)C)C(O)N[C@@H](Cc1c[nH]c2ccccc12)C(=O)N[C@@H](Cc1ccccc1CN)C(=O)N[C@H](C(N)O)[C@@H](C)O. The fourth-order valence-corrected chi connectivity index (χ4v) is 12.9. The Morgan fingerprint density at radius 2 is 0.974 bits per heavy atom. The zero-order chi connectivity index (χ0) is 84.9. The number of aromatic amines is 3. The van der Waals surface area contributed by atoms with Gasteiger partial charge in [-0.3, -0.25) is 63.4 Å². The number of carbonyl (C=O) groups is 12. The summed E-state index contributed by atoms with van der Waals surface area (Å²) in [7, 11) is 0. The number of aliphatic hydroxyl groups is 6. The third-order valence-electron chi connectivity index (χ3n) is 19.2. The first kappa shape index (κ1) is 93.2. The van der Waals surface area contributed by atoms with Gasteiger partial charge in [0.15, 0.2) is 6.29 Å². The van der Waals surface area contributed by atoms with Gasteiger partial charge in [-0.1, -0.05) is 102 Å². The smallest absolute Gasteiger partial charge is 0.303 e. The number of hydrogen-bond acceptors (Lipinski definition) is 24. The number of aromatic nitrogens is 4. The highest BCUT2D eigenvalue weighted by molar-refractivity contribution is 5.98. The van der Waals surface area contributed by atoms with E-state index in [9.17, 15) is 93.3 Å². The Kier molecular flexibility index (Phi) is 36.8. The van der Waals surface area contributed by atoms with Gasteiger partial charge < -0.3 is 126 Å². The number of para-hydroxylation sites is 2. The van der Waals surface area contributed by atoms with Gasteiger partial charge in [0.2, 0.25) is 59.1 Å². The van der Waals surface area contributed by atoms with Crippen LogP contribution in [0.2, 0.25) is 0 Å². The molecule has 28 N–H and O–H groups in total. The summed E-state index contributed by atoms with van der Waals surface area (Å²) in [6.45, 7) is 12.3. The van der Waals surface area contributed by atoms with E-state index in [1.54, 1.807) is 109 Å². The topological polar surface area (TPSA) is 629 Å². The minimum atomic E-state index is -1.96. The number of fused-ring (bicyclic) bond motifs is 2. The zero-order valence-corrected chi connectivity index (χ0v) is 65.6. The van der Waals surface area contributed by atoms with Gasteiger partial charge in [0.25, 0.3) is 0 Å². The van der Waals surface area contributed by atoms with Gasteiger partial charge >= 0.3 is 5.97 Å². The molecule has 0 aliphatic heterocycles. The van der Waals surface area contributed by atoms with Crippen LogP contribution in [-0.2, 0) is 89.8 Å². The summed E-state index contributed by atoms with van der Waals surface area (Å²) >= 11 is 0. The largest absolute Gasteiger partial charge is 0.481 e. The van der Waals surface area contributed by atoms with E-state index in [-0.39, 0.29) is 56.9 Å². The number of carboxylic acids is 1. The van der Waals surface area contributed by atoms with Gasteiger partial charge in [-0.05, 0) is 91.7 Å².